The van der Waals surface area contributed by atoms with E-state index in [1.165, 1.54) is 0 Å². The van der Waals surface area contributed by atoms with Gasteiger partial charge in [0.15, 0.2) is 6.10 Å². The maximum Gasteiger partial charge on any atom is 0.306 e. The van der Waals surface area contributed by atoms with E-state index in [0.29, 0.717) is 6.42 Å². The monoisotopic (exact) mass is 491 g/mol. The lowest BCUT2D eigenvalue weighted by atomic mass is 9.92. The summed E-state index contributed by atoms with van der Waals surface area (Å²) in [5, 5.41) is 6.44. The second-order valence-electron chi connectivity index (χ2n) is 8.57. The van der Waals surface area contributed by atoms with Crippen molar-refractivity contribution in [3.8, 4) is 0 Å². The zero-order valence-electron chi connectivity index (χ0n) is 19.9. The summed E-state index contributed by atoms with van der Waals surface area (Å²) in [7, 11) is 0. The molecule has 0 amide bonds. The standard InChI is InChI=1S/C24H20O2.C8H6ClN/c1-2-23(25)26-24(21-15-7-11-17-9-3-5-13-19(17)21)22-16-8-12-18-10-4-6-14-20(18)22;9-7-1-2-8-6(5-7)3-4-10-8/h3-16,24H,2H2,1H3;1-5,10H. The maximum atomic E-state index is 12.2. The van der Waals surface area contributed by atoms with Crippen LogP contribution < -0.4 is 0 Å². The van der Waals surface area contributed by atoms with Gasteiger partial charge in [0.1, 0.15) is 0 Å². The van der Waals surface area contributed by atoms with E-state index in [-0.39, 0.29) is 5.97 Å². The fraction of sp³-hybridized carbons (Fsp3) is 0.0938. The SMILES string of the molecule is CCC(=O)OC(c1cccc2ccccc12)c1cccc2ccccc12.Clc1ccc2[nH]ccc2c1. The summed E-state index contributed by atoms with van der Waals surface area (Å²) >= 11 is 5.76. The first-order chi connectivity index (χ1) is 17.6. The smallest absolute Gasteiger partial charge is 0.306 e. The van der Waals surface area contributed by atoms with E-state index in [0.717, 1.165) is 48.6 Å². The summed E-state index contributed by atoms with van der Waals surface area (Å²) in [6.45, 7) is 1.82. The van der Waals surface area contributed by atoms with Crippen LogP contribution in [0, 0.1) is 0 Å². The Labute approximate surface area is 215 Å². The summed E-state index contributed by atoms with van der Waals surface area (Å²) < 4.78 is 5.95. The summed E-state index contributed by atoms with van der Waals surface area (Å²) in [6, 6.07) is 36.5. The van der Waals surface area contributed by atoms with Gasteiger partial charge in [-0.15, -0.1) is 0 Å². The predicted molar refractivity (Wildman–Crippen MR) is 149 cm³/mol. The molecule has 0 bridgehead atoms. The number of esters is 1. The van der Waals surface area contributed by atoms with Crippen molar-refractivity contribution in [2.24, 2.45) is 0 Å². The Morgan fingerprint density at radius 3 is 1.94 bits per heavy atom. The first kappa shape index (κ1) is 23.7. The normalized spacial score (nSPS) is 11.0. The van der Waals surface area contributed by atoms with Crippen LogP contribution >= 0.6 is 11.6 Å². The summed E-state index contributed by atoms with van der Waals surface area (Å²) in [5.41, 5.74) is 3.16. The molecule has 3 nitrogen and oxygen atoms in total. The van der Waals surface area contributed by atoms with Gasteiger partial charge in [0.05, 0.1) is 0 Å². The molecule has 0 aliphatic rings. The van der Waals surface area contributed by atoms with Crippen LogP contribution in [0.3, 0.4) is 0 Å². The van der Waals surface area contributed by atoms with Crippen LogP contribution in [0.25, 0.3) is 32.4 Å². The van der Waals surface area contributed by atoms with Crippen molar-refractivity contribution in [2.75, 3.05) is 0 Å². The Kier molecular flexibility index (Phi) is 7.01. The molecule has 0 unspecified atom stereocenters. The van der Waals surface area contributed by atoms with Gasteiger partial charge in [-0.1, -0.05) is 103 Å². The van der Waals surface area contributed by atoms with Crippen LogP contribution in [0.4, 0.5) is 0 Å². The van der Waals surface area contributed by atoms with E-state index in [2.05, 4.69) is 53.5 Å². The van der Waals surface area contributed by atoms with Crippen molar-refractivity contribution in [3.05, 3.63) is 132 Å². The molecule has 1 heterocycles. The first-order valence-electron chi connectivity index (χ1n) is 12.0. The minimum absolute atomic E-state index is 0.198. The van der Waals surface area contributed by atoms with Gasteiger partial charge < -0.3 is 9.72 Å². The molecule has 0 aliphatic heterocycles. The van der Waals surface area contributed by atoms with E-state index >= 15 is 0 Å². The second-order valence-corrected chi connectivity index (χ2v) is 9.01. The number of benzene rings is 5. The van der Waals surface area contributed by atoms with Crippen LogP contribution in [0.15, 0.2) is 115 Å². The Bertz CT molecular complexity index is 1560. The molecule has 0 fully saturated rings. The van der Waals surface area contributed by atoms with E-state index in [9.17, 15) is 4.79 Å². The lowest BCUT2D eigenvalue weighted by Gasteiger charge is -2.22. The van der Waals surface area contributed by atoms with Crippen LogP contribution in [0.2, 0.25) is 5.02 Å². The summed E-state index contributed by atoms with van der Waals surface area (Å²) in [4.78, 5) is 15.3. The van der Waals surface area contributed by atoms with Gasteiger partial charge in [0.25, 0.3) is 0 Å². The lowest BCUT2D eigenvalue weighted by Crippen LogP contribution is -2.12. The number of aromatic amines is 1. The molecule has 0 radical (unpaired) electrons. The number of halogens is 1. The number of nitrogens with one attached hydrogen (secondary N) is 1. The molecule has 0 saturated heterocycles. The van der Waals surface area contributed by atoms with Gasteiger partial charge in [-0.05, 0) is 45.8 Å². The van der Waals surface area contributed by atoms with Crippen LogP contribution in [0.1, 0.15) is 30.6 Å². The van der Waals surface area contributed by atoms with Crippen molar-refractivity contribution in [1.82, 2.24) is 4.98 Å². The van der Waals surface area contributed by atoms with Gasteiger partial charge in [0.2, 0.25) is 0 Å². The highest BCUT2D eigenvalue weighted by Gasteiger charge is 2.22. The van der Waals surface area contributed by atoms with E-state index in [4.69, 9.17) is 16.3 Å². The second kappa shape index (κ2) is 10.7. The van der Waals surface area contributed by atoms with Crippen molar-refractivity contribution < 1.29 is 9.53 Å². The highest BCUT2D eigenvalue weighted by atomic mass is 35.5. The number of rotatable bonds is 4. The number of ether oxygens (including phenoxy) is 1. The van der Waals surface area contributed by atoms with Crippen LogP contribution in [-0.2, 0) is 9.53 Å². The number of hydrogen-bond acceptors (Lipinski definition) is 2. The molecule has 0 saturated carbocycles. The van der Waals surface area contributed by atoms with Gasteiger partial charge in [-0.2, -0.15) is 0 Å². The van der Waals surface area contributed by atoms with Crippen LogP contribution in [-0.4, -0.2) is 11.0 Å². The third-order valence-electron chi connectivity index (χ3n) is 6.26. The van der Waals surface area contributed by atoms with Gasteiger partial charge in [-0.25, -0.2) is 0 Å². The topological polar surface area (TPSA) is 42.1 Å². The molecule has 4 heteroatoms. The molecule has 6 rings (SSSR count). The molecular formula is C32H26ClNO2. The fourth-order valence-electron chi connectivity index (χ4n) is 4.49. The molecule has 1 N–H and O–H groups in total. The number of H-pyrrole nitrogens is 1. The third-order valence-corrected chi connectivity index (χ3v) is 6.50. The molecule has 1 aromatic heterocycles. The lowest BCUT2D eigenvalue weighted by molar-refractivity contribution is -0.147. The molecule has 178 valence electrons. The average Bonchev–Trinajstić information content (AvgIpc) is 3.39. The number of fused-ring (bicyclic) bond motifs is 3. The molecule has 6 aromatic rings. The molecular weight excluding hydrogens is 466 g/mol. The molecule has 0 atom stereocenters. The Hall–Kier alpha value is -4.08. The number of carbonyl (C=O) groups is 1. The minimum atomic E-state index is -0.431. The summed E-state index contributed by atoms with van der Waals surface area (Å²) in [5.74, 6) is -0.198. The fourth-order valence-corrected chi connectivity index (χ4v) is 4.67. The Morgan fingerprint density at radius 1 is 0.750 bits per heavy atom. The summed E-state index contributed by atoms with van der Waals surface area (Å²) in [6.07, 6.45) is 1.83. The van der Waals surface area contributed by atoms with E-state index in [1.807, 2.05) is 73.8 Å². The maximum absolute atomic E-state index is 12.2. The molecule has 0 spiro atoms. The first-order valence-corrected chi connectivity index (χ1v) is 12.4. The molecule has 36 heavy (non-hydrogen) atoms. The van der Waals surface area contributed by atoms with Crippen molar-refractivity contribution >= 4 is 50.0 Å². The minimum Gasteiger partial charge on any atom is -0.452 e. The van der Waals surface area contributed by atoms with Gasteiger partial charge in [0, 0.05) is 39.7 Å². The zero-order chi connectivity index (χ0) is 24.9. The number of aromatic nitrogens is 1. The predicted octanol–water partition coefficient (Wildman–Crippen LogP) is 8.86. The Morgan fingerprint density at radius 2 is 1.33 bits per heavy atom. The third kappa shape index (κ3) is 4.98. The van der Waals surface area contributed by atoms with Crippen LogP contribution in [0.5, 0.6) is 0 Å². The zero-order valence-corrected chi connectivity index (χ0v) is 20.7. The largest absolute Gasteiger partial charge is 0.452 e. The van der Waals surface area contributed by atoms with Crippen molar-refractivity contribution in [2.45, 2.75) is 19.4 Å². The van der Waals surface area contributed by atoms with Gasteiger partial charge in [-0.3, -0.25) is 4.79 Å². The number of hydrogen-bond donors (Lipinski definition) is 1. The highest BCUT2D eigenvalue weighted by Crippen LogP contribution is 2.35. The molecule has 5 aromatic carbocycles. The quantitative estimate of drug-likeness (QED) is 0.250. The van der Waals surface area contributed by atoms with Crippen molar-refractivity contribution in [1.29, 1.82) is 0 Å². The average molecular weight is 492 g/mol. The van der Waals surface area contributed by atoms with Crippen molar-refractivity contribution in [3.63, 3.8) is 0 Å². The number of carbonyl (C=O) groups excluding carboxylic acids is 1. The van der Waals surface area contributed by atoms with Gasteiger partial charge >= 0.3 is 5.97 Å². The van der Waals surface area contributed by atoms with E-state index < -0.39 is 6.10 Å². The Balaban J connectivity index is 0.000000222. The van der Waals surface area contributed by atoms with E-state index in [1.54, 1.807) is 0 Å². The molecule has 0 aliphatic carbocycles. The highest BCUT2D eigenvalue weighted by molar-refractivity contribution is 6.31.